The number of aromatic nitrogens is 5. The summed E-state index contributed by atoms with van der Waals surface area (Å²) in [5.41, 5.74) is 2.77. The first-order chi connectivity index (χ1) is 13.7. The summed E-state index contributed by atoms with van der Waals surface area (Å²) in [7, 11) is 0. The van der Waals surface area contributed by atoms with Crippen molar-refractivity contribution in [2.75, 3.05) is 5.32 Å². The molecule has 0 atom stereocenters. The summed E-state index contributed by atoms with van der Waals surface area (Å²) in [5.74, 6) is 1.00. The zero-order chi connectivity index (χ0) is 19.3. The van der Waals surface area contributed by atoms with Crippen molar-refractivity contribution >= 4 is 11.7 Å². The van der Waals surface area contributed by atoms with Crippen molar-refractivity contribution in [3.8, 4) is 22.8 Å². The molecule has 0 aliphatic heterocycles. The summed E-state index contributed by atoms with van der Waals surface area (Å²) >= 11 is 0. The molecule has 4 aromatic heterocycles. The second-order valence-corrected chi connectivity index (χ2v) is 6.08. The van der Waals surface area contributed by atoms with Crippen LogP contribution in [0, 0.1) is 6.92 Å². The number of nitrogens with one attached hydrogen (secondary N) is 1. The quantitative estimate of drug-likeness (QED) is 0.574. The van der Waals surface area contributed by atoms with Crippen LogP contribution in [0.3, 0.4) is 0 Å². The predicted molar refractivity (Wildman–Crippen MR) is 102 cm³/mol. The van der Waals surface area contributed by atoms with Crippen molar-refractivity contribution in [3.05, 3.63) is 72.5 Å². The fourth-order valence-electron chi connectivity index (χ4n) is 2.63. The fourth-order valence-corrected chi connectivity index (χ4v) is 2.63. The molecule has 1 N–H and O–H groups in total. The second-order valence-electron chi connectivity index (χ2n) is 6.08. The number of pyridine rings is 2. The average Bonchev–Trinajstić information content (AvgIpc) is 3.13. The van der Waals surface area contributed by atoms with Gasteiger partial charge in [-0.25, -0.2) is 9.97 Å². The Kier molecular flexibility index (Phi) is 4.83. The molecule has 0 spiro atoms. The molecule has 8 heteroatoms. The van der Waals surface area contributed by atoms with Gasteiger partial charge in [-0.15, -0.1) is 0 Å². The molecular weight excluding hydrogens is 356 g/mol. The molecule has 0 aliphatic rings. The number of aryl methyl sites for hydroxylation is 1. The maximum Gasteiger partial charge on any atom is 0.233 e. The Hall–Kier alpha value is -3.94. The molecule has 4 rings (SSSR count). The molecule has 28 heavy (non-hydrogen) atoms. The lowest BCUT2D eigenvalue weighted by atomic mass is 10.2. The summed E-state index contributed by atoms with van der Waals surface area (Å²) in [6.45, 7) is 1.80. The molecule has 8 nitrogen and oxygen atoms in total. The van der Waals surface area contributed by atoms with Crippen LogP contribution in [0.15, 0.2) is 65.6 Å². The van der Waals surface area contributed by atoms with Crippen molar-refractivity contribution in [1.29, 1.82) is 0 Å². The Balaban J connectivity index is 1.66. The number of carbonyl (C=O) groups is 1. The van der Waals surface area contributed by atoms with Gasteiger partial charge in [0.1, 0.15) is 17.3 Å². The third kappa shape index (κ3) is 4.07. The van der Waals surface area contributed by atoms with Crippen LogP contribution in [0.2, 0.25) is 0 Å². The van der Waals surface area contributed by atoms with E-state index >= 15 is 0 Å². The lowest BCUT2D eigenvalue weighted by Gasteiger charge is -2.09. The van der Waals surface area contributed by atoms with Crippen LogP contribution in [0.5, 0.6) is 0 Å². The normalized spacial score (nSPS) is 10.6. The molecule has 0 radical (unpaired) electrons. The molecule has 0 saturated carbocycles. The highest BCUT2D eigenvalue weighted by molar-refractivity contribution is 5.91. The van der Waals surface area contributed by atoms with E-state index in [-0.39, 0.29) is 12.3 Å². The first kappa shape index (κ1) is 17.5. The maximum atomic E-state index is 12.4. The molecule has 0 saturated heterocycles. The lowest BCUT2D eigenvalue weighted by molar-refractivity contribution is -0.115. The average molecular weight is 372 g/mol. The number of anilines is 1. The predicted octanol–water partition coefficient (Wildman–Crippen LogP) is 3.08. The number of amides is 1. The minimum absolute atomic E-state index is 0.0615. The van der Waals surface area contributed by atoms with E-state index in [1.165, 1.54) is 0 Å². The van der Waals surface area contributed by atoms with Crippen LogP contribution in [0.1, 0.15) is 11.5 Å². The summed E-state index contributed by atoms with van der Waals surface area (Å²) in [5, 5.41) is 6.58. The van der Waals surface area contributed by atoms with Crippen molar-refractivity contribution in [1.82, 2.24) is 25.1 Å². The first-order valence-electron chi connectivity index (χ1n) is 8.60. The van der Waals surface area contributed by atoms with Gasteiger partial charge in [-0.1, -0.05) is 11.2 Å². The maximum absolute atomic E-state index is 12.4. The number of rotatable bonds is 5. The highest BCUT2D eigenvalue weighted by Crippen LogP contribution is 2.23. The topological polar surface area (TPSA) is 107 Å². The van der Waals surface area contributed by atoms with Crippen LogP contribution < -0.4 is 5.32 Å². The third-order valence-corrected chi connectivity index (χ3v) is 3.86. The van der Waals surface area contributed by atoms with Crippen molar-refractivity contribution in [3.63, 3.8) is 0 Å². The van der Waals surface area contributed by atoms with Gasteiger partial charge in [0.15, 0.2) is 5.82 Å². The van der Waals surface area contributed by atoms with Crippen molar-refractivity contribution in [2.24, 2.45) is 0 Å². The smallest absolute Gasteiger partial charge is 0.233 e. The van der Waals surface area contributed by atoms with Crippen LogP contribution in [-0.2, 0) is 11.2 Å². The van der Waals surface area contributed by atoms with E-state index < -0.39 is 0 Å². The Labute approximate surface area is 160 Å². The van der Waals surface area contributed by atoms with E-state index in [1.54, 1.807) is 37.6 Å². The van der Waals surface area contributed by atoms with Gasteiger partial charge in [-0.3, -0.25) is 14.8 Å². The van der Waals surface area contributed by atoms with Gasteiger partial charge < -0.3 is 9.84 Å². The van der Waals surface area contributed by atoms with Crippen molar-refractivity contribution in [2.45, 2.75) is 13.3 Å². The van der Waals surface area contributed by atoms with E-state index in [4.69, 9.17) is 4.52 Å². The lowest BCUT2D eigenvalue weighted by Crippen LogP contribution is -2.15. The SMILES string of the molecule is Cc1cc(CC(=O)Nc2cc(-c3cccnc3)nc(-c3ccccn3)n2)on1. The first-order valence-corrected chi connectivity index (χ1v) is 8.60. The zero-order valence-corrected chi connectivity index (χ0v) is 15.0. The molecule has 0 fully saturated rings. The Morgan fingerprint density at radius 2 is 2.00 bits per heavy atom. The van der Waals surface area contributed by atoms with Gasteiger partial charge in [-0.2, -0.15) is 0 Å². The standard InChI is InChI=1S/C20H16N6O2/c1-13-9-15(28-26-13)10-19(27)24-18-11-17(14-5-4-7-21-12-14)23-20(25-18)16-6-2-3-8-22-16/h2-9,11-12H,10H2,1H3,(H,23,24,25,27). The van der Waals surface area contributed by atoms with E-state index in [1.807, 2.05) is 30.3 Å². The van der Waals surface area contributed by atoms with Crippen LogP contribution >= 0.6 is 0 Å². The van der Waals surface area contributed by atoms with Gasteiger partial charge in [0, 0.05) is 36.3 Å². The summed E-state index contributed by atoms with van der Waals surface area (Å²) in [6, 6.07) is 12.6. The monoisotopic (exact) mass is 372 g/mol. The number of hydrogen-bond acceptors (Lipinski definition) is 7. The summed E-state index contributed by atoms with van der Waals surface area (Å²) in [6.07, 6.45) is 5.12. The van der Waals surface area contributed by atoms with E-state index in [9.17, 15) is 4.79 Å². The van der Waals surface area contributed by atoms with Crippen LogP contribution in [0.25, 0.3) is 22.8 Å². The molecule has 138 valence electrons. The summed E-state index contributed by atoms with van der Waals surface area (Å²) in [4.78, 5) is 29.8. The van der Waals surface area contributed by atoms with Gasteiger partial charge >= 0.3 is 0 Å². The molecule has 0 aliphatic carbocycles. The molecule has 0 aromatic carbocycles. The Morgan fingerprint density at radius 3 is 2.71 bits per heavy atom. The molecule has 4 aromatic rings. The van der Waals surface area contributed by atoms with Gasteiger partial charge in [0.2, 0.25) is 5.91 Å². The molecule has 1 amide bonds. The third-order valence-electron chi connectivity index (χ3n) is 3.86. The Morgan fingerprint density at radius 1 is 1.07 bits per heavy atom. The molecule has 0 unspecified atom stereocenters. The Bertz CT molecular complexity index is 1040. The minimum atomic E-state index is -0.265. The summed E-state index contributed by atoms with van der Waals surface area (Å²) < 4.78 is 5.10. The molecular formula is C20H16N6O2. The molecule has 0 bridgehead atoms. The zero-order valence-electron chi connectivity index (χ0n) is 15.0. The van der Waals surface area contributed by atoms with Crippen LogP contribution in [-0.4, -0.2) is 31.0 Å². The number of carbonyl (C=O) groups excluding carboxylic acids is 1. The van der Waals surface area contributed by atoms with Crippen LogP contribution in [0.4, 0.5) is 5.82 Å². The van der Waals surface area contributed by atoms with Crippen molar-refractivity contribution < 1.29 is 9.32 Å². The molecule has 4 heterocycles. The second kappa shape index (κ2) is 7.75. The highest BCUT2D eigenvalue weighted by Gasteiger charge is 2.13. The van der Waals surface area contributed by atoms with Gasteiger partial charge in [0.05, 0.1) is 17.8 Å². The number of hydrogen-bond donors (Lipinski definition) is 1. The van der Waals surface area contributed by atoms with E-state index in [2.05, 4.69) is 30.4 Å². The number of nitrogens with zero attached hydrogens (tertiary/aromatic N) is 5. The highest BCUT2D eigenvalue weighted by atomic mass is 16.5. The largest absolute Gasteiger partial charge is 0.361 e. The van der Waals surface area contributed by atoms with Gasteiger partial charge in [0.25, 0.3) is 0 Å². The van der Waals surface area contributed by atoms with Gasteiger partial charge in [-0.05, 0) is 31.2 Å². The fraction of sp³-hybridized carbons (Fsp3) is 0.100. The van der Waals surface area contributed by atoms with E-state index in [0.717, 1.165) is 11.3 Å². The minimum Gasteiger partial charge on any atom is -0.361 e. The van der Waals surface area contributed by atoms with E-state index in [0.29, 0.717) is 28.8 Å².